The third kappa shape index (κ3) is 2.44. The molecule has 0 amide bonds. The summed E-state index contributed by atoms with van der Waals surface area (Å²) >= 11 is 0. The first-order valence-corrected chi connectivity index (χ1v) is 6.36. The smallest absolute Gasteiger partial charge is 0.146 e. The van der Waals surface area contributed by atoms with Gasteiger partial charge in [0.2, 0.25) is 0 Å². The van der Waals surface area contributed by atoms with E-state index in [-0.39, 0.29) is 5.82 Å². The minimum absolute atomic E-state index is 0.114. The van der Waals surface area contributed by atoms with Gasteiger partial charge in [-0.05, 0) is 36.4 Å². The zero-order valence-corrected chi connectivity index (χ0v) is 10.6. The predicted octanol–water partition coefficient (Wildman–Crippen LogP) is 2.42. The molecule has 3 heteroatoms. The summed E-state index contributed by atoms with van der Waals surface area (Å²) in [6.45, 7) is 6.91. The number of hydrogen-bond donors (Lipinski definition) is 1. The van der Waals surface area contributed by atoms with Crippen LogP contribution in [0, 0.1) is 17.7 Å². The van der Waals surface area contributed by atoms with Gasteiger partial charge in [0.25, 0.3) is 0 Å². The molecule has 0 aliphatic carbocycles. The SMILES string of the molecule is CC1CN(c2c(F)cccc2CCN)CC1C. The van der Waals surface area contributed by atoms with Gasteiger partial charge in [0.15, 0.2) is 0 Å². The Labute approximate surface area is 103 Å². The third-order valence-electron chi connectivity index (χ3n) is 3.79. The van der Waals surface area contributed by atoms with Crippen LogP contribution in [-0.2, 0) is 6.42 Å². The Bertz CT molecular complexity index is 382. The number of nitrogens with two attached hydrogens (primary N) is 1. The monoisotopic (exact) mass is 236 g/mol. The Morgan fingerprint density at radius 1 is 1.29 bits per heavy atom. The molecule has 0 saturated carbocycles. The maximum absolute atomic E-state index is 14.0. The summed E-state index contributed by atoms with van der Waals surface area (Å²) in [6.07, 6.45) is 0.742. The lowest BCUT2D eigenvalue weighted by Gasteiger charge is -2.22. The normalized spacial score (nSPS) is 24.4. The fourth-order valence-electron chi connectivity index (χ4n) is 2.58. The van der Waals surface area contributed by atoms with Crippen LogP contribution >= 0.6 is 0 Å². The molecule has 0 spiro atoms. The third-order valence-corrected chi connectivity index (χ3v) is 3.79. The number of nitrogens with zero attached hydrogens (tertiary/aromatic N) is 1. The molecule has 1 aliphatic rings. The van der Waals surface area contributed by atoms with E-state index in [4.69, 9.17) is 5.73 Å². The molecular formula is C14H21FN2. The minimum Gasteiger partial charge on any atom is -0.368 e. The largest absolute Gasteiger partial charge is 0.368 e. The van der Waals surface area contributed by atoms with Crippen LogP contribution in [0.25, 0.3) is 0 Å². The van der Waals surface area contributed by atoms with Gasteiger partial charge in [-0.3, -0.25) is 0 Å². The molecule has 1 heterocycles. The topological polar surface area (TPSA) is 29.3 Å². The van der Waals surface area contributed by atoms with E-state index in [2.05, 4.69) is 18.7 Å². The Balaban J connectivity index is 2.31. The molecule has 1 saturated heterocycles. The quantitative estimate of drug-likeness (QED) is 0.873. The molecule has 1 aliphatic heterocycles. The van der Waals surface area contributed by atoms with E-state index in [0.29, 0.717) is 18.4 Å². The van der Waals surface area contributed by atoms with Gasteiger partial charge < -0.3 is 10.6 Å². The molecule has 1 aromatic carbocycles. The molecule has 0 bridgehead atoms. The van der Waals surface area contributed by atoms with Crippen molar-refractivity contribution in [1.82, 2.24) is 0 Å². The first-order chi connectivity index (χ1) is 8.13. The van der Waals surface area contributed by atoms with Crippen molar-refractivity contribution in [2.75, 3.05) is 24.5 Å². The molecule has 2 rings (SSSR count). The Morgan fingerprint density at radius 2 is 1.94 bits per heavy atom. The van der Waals surface area contributed by atoms with Gasteiger partial charge >= 0.3 is 0 Å². The van der Waals surface area contributed by atoms with Crippen LogP contribution in [0.3, 0.4) is 0 Å². The van der Waals surface area contributed by atoms with Crippen molar-refractivity contribution in [3.05, 3.63) is 29.6 Å². The number of halogens is 1. The van der Waals surface area contributed by atoms with Crippen molar-refractivity contribution in [3.8, 4) is 0 Å². The van der Waals surface area contributed by atoms with E-state index in [1.807, 2.05) is 6.07 Å². The molecule has 2 nitrogen and oxygen atoms in total. The maximum atomic E-state index is 14.0. The first kappa shape index (κ1) is 12.4. The van der Waals surface area contributed by atoms with Gasteiger partial charge in [0.05, 0.1) is 5.69 Å². The van der Waals surface area contributed by atoms with Crippen molar-refractivity contribution in [1.29, 1.82) is 0 Å². The van der Waals surface area contributed by atoms with E-state index >= 15 is 0 Å². The second-order valence-electron chi connectivity index (χ2n) is 5.15. The first-order valence-electron chi connectivity index (χ1n) is 6.36. The van der Waals surface area contributed by atoms with Crippen molar-refractivity contribution in [3.63, 3.8) is 0 Å². The van der Waals surface area contributed by atoms with Crippen LogP contribution in [0.2, 0.25) is 0 Å². The highest BCUT2D eigenvalue weighted by Gasteiger charge is 2.28. The van der Waals surface area contributed by atoms with Gasteiger partial charge in [0.1, 0.15) is 5.82 Å². The number of rotatable bonds is 3. The summed E-state index contributed by atoms with van der Waals surface area (Å²) in [5.74, 6) is 1.14. The van der Waals surface area contributed by atoms with Crippen LogP contribution in [-0.4, -0.2) is 19.6 Å². The van der Waals surface area contributed by atoms with Gasteiger partial charge in [-0.2, -0.15) is 0 Å². The van der Waals surface area contributed by atoms with Gasteiger partial charge in [-0.15, -0.1) is 0 Å². The van der Waals surface area contributed by atoms with Crippen molar-refractivity contribution in [2.45, 2.75) is 20.3 Å². The highest BCUT2D eigenvalue weighted by atomic mass is 19.1. The average Bonchev–Trinajstić information content (AvgIpc) is 2.59. The lowest BCUT2D eigenvalue weighted by atomic mass is 10.0. The molecular weight excluding hydrogens is 215 g/mol. The highest BCUT2D eigenvalue weighted by molar-refractivity contribution is 5.56. The second-order valence-corrected chi connectivity index (χ2v) is 5.15. The van der Waals surface area contributed by atoms with Crippen LogP contribution < -0.4 is 10.6 Å². The summed E-state index contributed by atoms with van der Waals surface area (Å²) in [6, 6.07) is 5.30. The second kappa shape index (κ2) is 5.05. The number of benzene rings is 1. The van der Waals surface area contributed by atoms with Crippen LogP contribution in [0.1, 0.15) is 19.4 Å². The maximum Gasteiger partial charge on any atom is 0.146 e. The van der Waals surface area contributed by atoms with Crippen LogP contribution in [0.15, 0.2) is 18.2 Å². The lowest BCUT2D eigenvalue weighted by Crippen LogP contribution is -2.23. The highest BCUT2D eigenvalue weighted by Crippen LogP contribution is 2.32. The van der Waals surface area contributed by atoms with Gasteiger partial charge in [-0.25, -0.2) is 4.39 Å². The molecule has 2 N–H and O–H groups in total. The van der Waals surface area contributed by atoms with E-state index in [1.165, 1.54) is 0 Å². The van der Waals surface area contributed by atoms with E-state index < -0.39 is 0 Å². The zero-order valence-electron chi connectivity index (χ0n) is 10.6. The van der Waals surface area contributed by atoms with Crippen molar-refractivity contribution >= 4 is 5.69 Å². The fraction of sp³-hybridized carbons (Fsp3) is 0.571. The van der Waals surface area contributed by atoms with Gasteiger partial charge in [-0.1, -0.05) is 26.0 Å². The van der Waals surface area contributed by atoms with Crippen molar-refractivity contribution in [2.24, 2.45) is 17.6 Å². The van der Waals surface area contributed by atoms with E-state index in [0.717, 1.165) is 30.8 Å². The molecule has 94 valence electrons. The van der Waals surface area contributed by atoms with Gasteiger partial charge in [0, 0.05) is 13.1 Å². The predicted molar refractivity (Wildman–Crippen MR) is 69.7 cm³/mol. The van der Waals surface area contributed by atoms with Crippen LogP contribution in [0.4, 0.5) is 10.1 Å². The summed E-state index contributed by atoms with van der Waals surface area (Å²) in [5.41, 5.74) is 7.40. The van der Waals surface area contributed by atoms with Crippen LogP contribution in [0.5, 0.6) is 0 Å². The van der Waals surface area contributed by atoms with E-state index in [9.17, 15) is 4.39 Å². The molecule has 17 heavy (non-hydrogen) atoms. The lowest BCUT2D eigenvalue weighted by molar-refractivity contribution is 0.494. The van der Waals surface area contributed by atoms with E-state index in [1.54, 1.807) is 12.1 Å². The molecule has 0 radical (unpaired) electrons. The minimum atomic E-state index is -0.114. The molecule has 2 unspecified atom stereocenters. The fourth-order valence-corrected chi connectivity index (χ4v) is 2.58. The van der Waals surface area contributed by atoms with Crippen molar-refractivity contribution < 1.29 is 4.39 Å². The molecule has 1 aromatic rings. The standard InChI is InChI=1S/C14H21FN2/c1-10-8-17(9-11(10)2)14-12(6-7-16)4-3-5-13(14)15/h3-5,10-11H,6-9,16H2,1-2H3. The number of hydrogen-bond acceptors (Lipinski definition) is 2. The Hall–Kier alpha value is -1.09. The molecule has 2 atom stereocenters. The molecule has 0 aromatic heterocycles. The summed E-state index contributed by atoms with van der Waals surface area (Å²) in [7, 11) is 0. The summed E-state index contributed by atoms with van der Waals surface area (Å²) < 4.78 is 14.0. The summed E-state index contributed by atoms with van der Waals surface area (Å²) in [5, 5.41) is 0. The Morgan fingerprint density at radius 3 is 2.53 bits per heavy atom. The average molecular weight is 236 g/mol. The summed E-state index contributed by atoms with van der Waals surface area (Å²) in [4.78, 5) is 2.18. The number of para-hydroxylation sites is 1. The number of anilines is 1. The zero-order chi connectivity index (χ0) is 12.4. The Kier molecular flexibility index (Phi) is 3.67. The molecule has 1 fully saturated rings.